The number of aromatic nitrogens is 1. The molecule has 21 heavy (non-hydrogen) atoms. The third-order valence-corrected chi connectivity index (χ3v) is 3.81. The van der Waals surface area contributed by atoms with E-state index in [0.717, 1.165) is 22.6 Å². The maximum atomic E-state index is 10.9. The summed E-state index contributed by atoms with van der Waals surface area (Å²) in [6.45, 7) is 6.52. The van der Waals surface area contributed by atoms with Gasteiger partial charge in [-0.25, -0.2) is 0 Å². The smallest absolute Gasteiger partial charge is 0.269 e. The molecule has 6 heteroatoms. The second kappa shape index (κ2) is 6.05. The number of aryl methyl sites for hydroxylation is 2. The molecule has 0 bridgehead atoms. The Kier molecular flexibility index (Phi) is 4.37. The molecule has 0 fully saturated rings. The Bertz CT molecular complexity index is 632. The summed E-state index contributed by atoms with van der Waals surface area (Å²) in [5.41, 5.74) is 2.98. The van der Waals surface area contributed by atoms with E-state index in [1.165, 1.54) is 6.07 Å². The quantitative estimate of drug-likeness (QED) is 0.623. The molecule has 0 spiro atoms. The monoisotopic (exact) mass is 289 g/mol. The number of nitro benzene ring substituents is 1. The molecule has 6 nitrogen and oxygen atoms in total. The summed E-state index contributed by atoms with van der Waals surface area (Å²) in [5, 5.41) is 14.8. The van der Waals surface area contributed by atoms with Crippen molar-refractivity contribution < 1.29 is 9.45 Å². The molecule has 0 N–H and O–H groups in total. The summed E-state index contributed by atoms with van der Waals surface area (Å²) in [4.78, 5) is 12.6. The van der Waals surface area contributed by atoms with Gasteiger partial charge in [-0.3, -0.25) is 15.0 Å². The van der Waals surface area contributed by atoms with Gasteiger partial charge in [-0.1, -0.05) is 17.3 Å². The van der Waals surface area contributed by atoms with Gasteiger partial charge in [0.1, 0.15) is 5.76 Å². The van der Waals surface area contributed by atoms with E-state index in [-0.39, 0.29) is 16.7 Å². The zero-order chi connectivity index (χ0) is 15.6. The lowest BCUT2D eigenvalue weighted by Crippen LogP contribution is -2.22. The molecule has 0 saturated carbocycles. The van der Waals surface area contributed by atoms with Crippen LogP contribution in [0, 0.1) is 24.0 Å². The fourth-order valence-electron chi connectivity index (χ4n) is 2.27. The van der Waals surface area contributed by atoms with Gasteiger partial charge in [0.25, 0.3) is 5.69 Å². The van der Waals surface area contributed by atoms with Crippen molar-refractivity contribution in [3.8, 4) is 0 Å². The first-order valence-electron chi connectivity index (χ1n) is 6.76. The fraction of sp³-hybridized carbons (Fsp3) is 0.400. The van der Waals surface area contributed by atoms with Crippen molar-refractivity contribution in [3.63, 3.8) is 0 Å². The highest BCUT2D eigenvalue weighted by atomic mass is 16.6. The summed E-state index contributed by atoms with van der Waals surface area (Å²) >= 11 is 0. The van der Waals surface area contributed by atoms with E-state index in [1.54, 1.807) is 12.1 Å². The Morgan fingerprint density at radius 1 is 1.43 bits per heavy atom. The SMILES string of the molecule is Cc1noc(C)c1CN(C)[C@H](C)c1cccc([N+](=O)[O-])c1. The van der Waals surface area contributed by atoms with Crippen LogP contribution < -0.4 is 0 Å². The number of hydrogen-bond acceptors (Lipinski definition) is 5. The van der Waals surface area contributed by atoms with Crippen LogP contribution in [0.25, 0.3) is 0 Å². The highest BCUT2D eigenvalue weighted by Gasteiger charge is 2.18. The maximum Gasteiger partial charge on any atom is 0.269 e. The van der Waals surface area contributed by atoms with Crippen LogP contribution in [0.15, 0.2) is 28.8 Å². The topological polar surface area (TPSA) is 72.4 Å². The molecule has 1 aromatic carbocycles. The van der Waals surface area contributed by atoms with Crippen LogP contribution in [0.3, 0.4) is 0 Å². The van der Waals surface area contributed by atoms with E-state index < -0.39 is 0 Å². The summed E-state index contributed by atoms with van der Waals surface area (Å²) in [5.74, 6) is 0.811. The third kappa shape index (κ3) is 3.28. The Morgan fingerprint density at radius 3 is 2.71 bits per heavy atom. The Hall–Kier alpha value is -2.21. The van der Waals surface area contributed by atoms with Crippen LogP contribution in [0.2, 0.25) is 0 Å². The maximum absolute atomic E-state index is 10.9. The molecule has 0 amide bonds. The van der Waals surface area contributed by atoms with Crippen molar-refractivity contribution in [3.05, 3.63) is 57.0 Å². The number of nitrogens with zero attached hydrogens (tertiary/aromatic N) is 3. The van der Waals surface area contributed by atoms with Crippen molar-refractivity contribution in [2.75, 3.05) is 7.05 Å². The lowest BCUT2D eigenvalue weighted by molar-refractivity contribution is -0.384. The predicted molar refractivity (Wildman–Crippen MR) is 79.0 cm³/mol. The Morgan fingerprint density at radius 2 is 2.14 bits per heavy atom. The van der Waals surface area contributed by atoms with Crippen LogP contribution in [0.1, 0.15) is 35.5 Å². The van der Waals surface area contributed by atoms with Gasteiger partial charge in [0.05, 0.1) is 10.6 Å². The normalized spacial score (nSPS) is 12.6. The average Bonchev–Trinajstić information content (AvgIpc) is 2.78. The third-order valence-electron chi connectivity index (χ3n) is 3.81. The molecule has 2 rings (SSSR count). The average molecular weight is 289 g/mol. The Labute approximate surface area is 123 Å². The van der Waals surface area contributed by atoms with Crippen molar-refractivity contribution >= 4 is 5.69 Å². The summed E-state index contributed by atoms with van der Waals surface area (Å²) in [6.07, 6.45) is 0. The summed E-state index contributed by atoms with van der Waals surface area (Å²) in [6, 6.07) is 6.80. The number of rotatable bonds is 5. The van der Waals surface area contributed by atoms with Crippen LogP contribution in [-0.2, 0) is 6.54 Å². The van der Waals surface area contributed by atoms with E-state index in [2.05, 4.69) is 10.1 Å². The van der Waals surface area contributed by atoms with Crippen molar-refractivity contribution in [1.82, 2.24) is 10.1 Å². The van der Waals surface area contributed by atoms with Crippen LogP contribution in [-0.4, -0.2) is 22.0 Å². The minimum absolute atomic E-state index is 0.0543. The lowest BCUT2D eigenvalue weighted by Gasteiger charge is -2.24. The standard InChI is InChI=1S/C15H19N3O3/c1-10-15(12(3)21-16-10)9-17(4)11(2)13-6-5-7-14(8-13)18(19)20/h5-8,11H,9H2,1-4H3/t11-/m1/s1. The molecular formula is C15H19N3O3. The fourth-order valence-corrected chi connectivity index (χ4v) is 2.27. The molecule has 0 aliphatic heterocycles. The first-order chi connectivity index (χ1) is 9.90. The number of benzene rings is 1. The molecule has 1 aromatic heterocycles. The van der Waals surface area contributed by atoms with Crippen LogP contribution in [0.5, 0.6) is 0 Å². The number of hydrogen-bond donors (Lipinski definition) is 0. The van der Waals surface area contributed by atoms with E-state index in [0.29, 0.717) is 6.54 Å². The zero-order valence-corrected chi connectivity index (χ0v) is 12.7. The van der Waals surface area contributed by atoms with E-state index in [4.69, 9.17) is 4.52 Å². The molecule has 2 aromatic rings. The van der Waals surface area contributed by atoms with Crippen LogP contribution >= 0.6 is 0 Å². The van der Waals surface area contributed by atoms with E-state index in [1.807, 2.05) is 33.9 Å². The molecule has 0 radical (unpaired) electrons. The second-order valence-corrected chi connectivity index (χ2v) is 5.25. The van der Waals surface area contributed by atoms with Crippen molar-refractivity contribution in [2.45, 2.75) is 33.4 Å². The van der Waals surface area contributed by atoms with Crippen molar-refractivity contribution in [1.29, 1.82) is 0 Å². The van der Waals surface area contributed by atoms with Gasteiger partial charge in [0.2, 0.25) is 0 Å². The van der Waals surface area contributed by atoms with Gasteiger partial charge >= 0.3 is 0 Å². The van der Waals surface area contributed by atoms with E-state index in [9.17, 15) is 10.1 Å². The highest BCUT2D eigenvalue weighted by Crippen LogP contribution is 2.25. The van der Waals surface area contributed by atoms with Gasteiger partial charge in [-0.15, -0.1) is 0 Å². The molecule has 0 unspecified atom stereocenters. The van der Waals surface area contributed by atoms with Crippen molar-refractivity contribution in [2.24, 2.45) is 0 Å². The number of non-ortho nitro benzene ring substituents is 1. The molecule has 112 valence electrons. The molecular weight excluding hydrogens is 270 g/mol. The highest BCUT2D eigenvalue weighted by molar-refractivity contribution is 5.35. The first-order valence-corrected chi connectivity index (χ1v) is 6.76. The molecule has 1 atom stereocenters. The van der Waals surface area contributed by atoms with Gasteiger partial charge in [0, 0.05) is 30.3 Å². The molecule has 0 saturated heterocycles. The summed E-state index contributed by atoms with van der Waals surface area (Å²) < 4.78 is 5.17. The summed E-state index contributed by atoms with van der Waals surface area (Å²) in [7, 11) is 1.98. The van der Waals surface area contributed by atoms with Gasteiger partial charge in [0.15, 0.2) is 0 Å². The Balaban J connectivity index is 2.17. The van der Waals surface area contributed by atoms with Gasteiger partial charge < -0.3 is 4.52 Å². The number of nitro groups is 1. The molecule has 0 aliphatic rings. The lowest BCUT2D eigenvalue weighted by atomic mass is 10.1. The van der Waals surface area contributed by atoms with Gasteiger partial charge in [-0.2, -0.15) is 0 Å². The van der Waals surface area contributed by atoms with Crippen LogP contribution in [0.4, 0.5) is 5.69 Å². The van der Waals surface area contributed by atoms with Gasteiger partial charge in [-0.05, 0) is 33.4 Å². The second-order valence-electron chi connectivity index (χ2n) is 5.25. The minimum atomic E-state index is -0.371. The molecule has 0 aliphatic carbocycles. The largest absolute Gasteiger partial charge is 0.361 e. The van der Waals surface area contributed by atoms with E-state index >= 15 is 0 Å². The molecule has 1 heterocycles. The minimum Gasteiger partial charge on any atom is -0.361 e. The zero-order valence-electron chi connectivity index (χ0n) is 12.7. The predicted octanol–water partition coefficient (Wildman–Crippen LogP) is 3.39. The first kappa shape index (κ1) is 15.2.